The zero-order valence-corrected chi connectivity index (χ0v) is 14.7. The van der Waals surface area contributed by atoms with Crippen LogP contribution in [0.5, 0.6) is 0 Å². The number of rotatable bonds is 1. The van der Waals surface area contributed by atoms with Crippen molar-refractivity contribution in [3.8, 4) is 6.07 Å². The Morgan fingerprint density at radius 3 is 2.82 bits per heavy atom. The van der Waals surface area contributed by atoms with Crippen molar-refractivity contribution in [2.75, 3.05) is 0 Å². The van der Waals surface area contributed by atoms with Crippen LogP contribution < -0.4 is 5.73 Å². The number of allylic oxidation sites excluding steroid dienone is 3. The van der Waals surface area contributed by atoms with Gasteiger partial charge in [-0.1, -0.05) is 13.8 Å². The summed E-state index contributed by atoms with van der Waals surface area (Å²) >= 11 is 4.93. The van der Waals surface area contributed by atoms with Crippen molar-refractivity contribution in [2.24, 2.45) is 11.1 Å². The third-order valence-electron chi connectivity index (χ3n) is 3.95. The van der Waals surface area contributed by atoms with Crippen LogP contribution in [0.15, 0.2) is 38.7 Å². The molecule has 6 heteroatoms. The molecule has 2 aliphatic rings. The monoisotopic (exact) mass is 378 g/mol. The molecule has 1 atom stereocenters. The first-order valence-electron chi connectivity index (χ1n) is 6.90. The van der Waals surface area contributed by atoms with E-state index < -0.39 is 5.92 Å². The molecule has 0 aromatic carbocycles. The number of hydrogen-bond donors (Lipinski definition) is 1. The first-order chi connectivity index (χ1) is 10.3. The number of halogens is 1. The van der Waals surface area contributed by atoms with E-state index in [1.54, 1.807) is 0 Å². The predicted octanol–water partition coefficient (Wildman–Crippen LogP) is 3.96. The molecule has 2 heterocycles. The van der Waals surface area contributed by atoms with Gasteiger partial charge in [0.25, 0.3) is 0 Å². The maximum atomic E-state index is 12.7. The number of nitriles is 1. The molecule has 114 valence electrons. The molecule has 0 spiro atoms. The molecule has 1 aliphatic heterocycles. The normalized spacial score (nSPS) is 23.9. The average molecular weight is 379 g/mol. The topological polar surface area (TPSA) is 76.1 Å². The lowest BCUT2D eigenvalue weighted by Gasteiger charge is -2.36. The van der Waals surface area contributed by atoms with Crippen molar-refractivity contribution in [1.29, 1.82) is 5.26 Å². The summed E-state index contributed by atoms with van der Waals surface area (Å²) < 4.78 is 6.58. The van der Waals surface area contributed by atoms with Crippen LogP contribution in [0.3, 0.4) is 0 Å². The predicted molar refractivity (Wildman–Crippen MR) is 87.7 cm³/mol. The molecular weight excluding hydrogens is 364 g/mol. The van der Waals surface area contributed by atoms with E-state index in [-0.39, 0.29) is 17.1 Å². The van der Waals surface area contributed by atoms with E-state index in [1.165, 1.54) is 11.3 Å². The summed E-state index contributed by atoms with van der Waals surface area (Å²) in [5.41, 5.74) is 6.71. The fourth-order valence-corrected chi connectivity index (χ4v) is 4.61. The van der Waals surface area contributed by atoms with E-state index in [1.807, 2.05) is 25.3 Å². The lowest BCUT2D eigenvalue weighted by Crippen LogP contribution is -2.33. The maximum absolute atomic E-state index is 12.7. The minimum absolute atomic E-state index is 0.0426. The molecule has 4 nitrogen and oxygen atoms in total. The van der Waals surface area contributed by atoms with Crippen LogP contribution in [0.2, 0.25) is 0 Å². The first-order valence-corrected chi connectivity index (χ1v) is 8.57. The van der Waals surface area contributed by atoms with Crippen molar-refractivity contribution in [3.63, 3.8) is 0 Å². The molecule has 1 aliphatic carbocycles. The Bertz CT molecular complexity index is 767. The highest BCUT2D eigenvalue weighted by molar-refractivity contribution is 9.10. The molecule has 22 heavy (non-hydrogen) atoms. The van der Waals surface area contributed by atoms with Gasteiger partial charge in [0.2, 0.25) is 5.88 Å². The van der Waals surface area contributed by atoms with Crippen molar-refractivity contribution in [1.82, 2.24) is 0 Å². The second kappa shape index (κ2) is 5.25. The molecule has 3 rings (SSSR count). The molecular formula is C16H15BrN2O2S. The van der Waals surface area contributed by atoms with Crippen LogP contribution in [-0.4, -0.2) is 5.78 Å². The molecule has 0 saturated carbocycles. The van der Waals surface area contributed by atoms with E-state index >= 15 is 0 Å². The second-order valence-corrected chi connectivity index (χ2v) is 8.23. The molecule has 0 radical (unpaired) electrons. The number of nitrogens with two attached hydrogens (primary N) is 1. The Morgan fingerprint density at radius 1 is 1.50 bits per heavy atom. The van der Waals surface area contributed by atoms with Gasteiger partial charge in [-0.25, -0.2) is 0 Å². The number of ether oxygens (including phenoxy) is 1. The summed E-state index contributed by atoms with van der Waals surface area (Å²) in [7, 11) is 0. The van der Waals surface area contributed by atoms with E-state index in [4.69, 9.17) is 10.5 Å². The lowest BCUT2D eigenvalue weighted by molar-refractivity contribution is -0.119. The van der Waals surface area contributed by atoms with Gasteiger partial charge in [-0.2, -0.15) is 5.26 Å². The number of Topliss-reactive ketones (excluding diaryl/α,β-unsaturated/α-hetero) is 1. The largest absolute Gasteiger partial charge is 0.444 e. The zero-order valence-electron chi connectivity index (χ0n) is 12.3. The van der Waals surface area contributed by atoms with Crippen molar-refractivity contribution >= 4 is 33.0 Å². The van der Waals surface area contributed by atoms with Crippen LogP contribution >= 0.6 is 27.3 Å². The van der Waals surface area contributed by atoms with E-state index in [9.17, 15) is 10.1 Å². The fourth-order valence-electron chi connectivity index (χ4n) is 3.05. The van der Waals surface area contributed by atoms with E-state index in [0.717, 1.165) is 9.35 Å². The molecule has 0 amide bonds. The van der Waals surface area contributed by atoms with Gasteiger partial charge in [0.1, 0.15) is 17.4 Å². The van der Waals surface area contributed by atoms with Crippen molar-refractivity contribution < 1.29 is 9.53 Å². The SMILES string of the molecule is CC1(C)CC(=O)C2=C(C1)OC(N)=C(C#N)[C@@H]2c1cc(Br)cs1. The molecule has 0 saturated heterocycles. The Morgan fingerprint density at radius 2 is 2.23 bits per heavy atom. The van der Waals surface area contributed by atoms with Gasteiger partial charge in [0.15, 0.2) is 5.78 Å². The average Bonchev–Trinajstić information content (AvgIpc) is 2.82. The van der Waals surface area contributed by atoms with Gasteiger partial charge in [0.05, 0.1) is 5.92 Å². The van der Waals surface area contributed by atoms with Crippen LogP contribution in [-0.2, 0) is 9.53 Å². The lowest BCUT2D eigenvalue weighted by atomic mass is 9.71. The quantitative estimate of drug-likeness (QED) is 0.801. The van der Waals surface area contributed by atoms with Gasteiger partial charge >= 0.3 is 0 Å². The number of nitrogens with zero attached hydrogens (tertiary/aromatic N) is 1. The standard InChI is InChI=1S/C16H15BrN2O2S/c1-16(2)4-10(20)14-11(5-16)21-15(19)9(6-18)13(14)12-3-8(17)7-22-12/h3,7,13H,4-5,19H2,1-2H3/t13-/m1/s1. The Kier molecular flexibility index (Phi) is 3.66. The Labute approximate surface area is 141 Å². The summed E-state index contributed by atoms with van der Waals surface area (Å²) in [6.07, 6.45) is 1.10. The van der Waals surface area contributed by atoms with E-state index in [2.05, 4.69) is 22.0 Å². The molecule has 0 fully saturated rings. The highest BCUT2D eigenvalue weighted by Gasteiger charge is 2.43. The minimum Gasteiger partial charge on any atom is -0.444 e. The Balaban J connectivity index is 2.17. The van der Waals surface area contributed by atoms with Gasteiger partial charge < -0.3 is 10.5 Å². The summed E-state index contributed by atoms with van der Waals surface area (Å²) in [5.74, 6) is 0.364. The summed E-state index contributed by atoms with van der Waals surface area (Å²) in [6.45, 7) is 4.07. The smallest absolute Gasteiger partial charge is 0.205 e. The fraction of sp³-hybridized carbons (Fsp3) is 0.375. The third kappa shape index (κ3) is 2.49. The van der Waals surface area contributed by atoms with Crippen LogP contribution in [0.1, 0.15) is 37.5 Å². The molecule has 1 aromatic heterocycles. The zero-order chi connectivity index (χ0) is 16.1. The maximum Gasteiger partial charge on any atom is 0.205 e. The molecule has 0 bridgehead atoms. The number of thiophene rings is 1. The van der Waals surface area contributed by atoms with Crippen LogP contribution in [0, 0.1) is 16.7 Å². The number of carbonyl (C=O) groups is 1. The minimum atomic E-state index is -0.409. The number of hydrogen-bond acceptors (Lipinski definition) is 5. The summed E-state index contributed by atoms with van der Waals surface area (Å²) in [5, 5.41) is 11.4. The van der Waals surface area contributed by atoms with E-state index in [0.29, 0.717) is 29.7 Å². The first kappa shape index (κ1) is 15.3. The summed E-state index contributed by atoms with van der Waals surface area (Å²) in [4.78, 5) is 13.6. The van der Waals surface area contributed by atoms with Gasteiger partial charge in [-0.05, 0) is 27.4 Å². The van der Waals surface area contributed by atoms with Crippen molar-refractivity contribution in [3.05, 3.63) is 43.6 Å². The Hall–Kier alpha value is -1.58. The third-order valence-corrected chi connectivity index (χ3v) is 5.71. The van der Waals surface area contributed by atoms with Crippen LogP contribution in [0.25, 0.3) is 0 Å². The molecule has 0 unspecified atom stereocenters. The van der Waals surface area contributed by atoms with Crippen molar-refractivity contribution in [2.45, 2.75) is 32.6 Å². The van der Waals surface area contributed by atoms with Gasteiger partial charge in [0, 0.05) is 33.1 Å². The highest BCUT2D eigenvalue weighted by atomic mass is 79.9. The highest BCUT2D eigenvalue weighted by Crippen LogP contribution is 2.49. The summed E-state index contributed by atoms with van der Waals surface area (Å²) in [6, 6.07) is 4.05. The number of carbonyl (C=O) groups excluding carboxylic acids is 1. The molecule has 1 aromatic rings. The second-order valence-electron chi connectivity index (χ2n) is 6.37. The van der Waals surface area contributed by atoms with Crippen LogP contribution in [0.4, 0.5) is 0 Å². The van der Waals surface area contributed by atoms with Gasteiger partial charge in [-0.3, -0.25) is 4.79 Å². The molecule has 2 N–H and O–H groups in total. The number of ketones is 1. The van der Waals surface area contributed by atoms with Gasteiger partial charge in [-0.15, -0.1) is 11.3 Å².